The summed E-state index contributed by atoms with van der Waals surface area (Å²) in [5, 5.41) is -1.43. The lowest BCUT2D eigenvalue weighted by Crippen LogP contribution is -2.11. The molecule has 0 saturated heterocycles. The highest BCUT2D eigenvalue weighted by Gasteiger charge is 2.26. The molecule has 0 amide bonds. The molecule has 2 aromatic carbocycles. The molecule has 2 aromatic rings. The number of rotatable bonds is 2. The van der Waals surface area contributed by atoms with E-state index in [1.54, 1.807) is 6.07 Å². The number of carbonyl (C=O) groups is 2. The SMILES string of the molecule is O=C(Cl)c1ccc2c(c1C(=O)Cl)Cc1ccccc1O2. The van der Waals surface area contributed by atoms with E-state index in [-0.39, 0.29) is 11.1 Å². The zero-order valence-corrected chi connectivity index (χ0v) is 11.7. The molecule has 1 heterocycles. The van der Waals surface area contributed by atoms with Crippen LogP contribution in [0.4, 0.5) is 0 Å². The van der Waals surface area contributed by atoms with E-state index in [4.69, 9.17) is 27.9 Å². The molecule has 0 aromatic heterocycles. The summed E-state index contributed by atoms with van der Waals surface area (Å²) in [7, 11) is 0. The maximum Gasteiger partial charge on any atom is 0.253 e. The fourth-order valence-electron chi connectivity index (χ4n) is 2.35. The Kier molecular flexibility index (Phi) is 3.24. The normalized spacial score (nSPS) is 12.1. The summed E-state index contributed by atoms with van der Waals surface area (Å²) in [6.07, 6.45) is 0.470. The Morgan fingerprint density at radius 1 is 0.950 bits per heavy atom. The molecule has 3 rings (SSSR count). The average Bonchev–Trinajstić information content (AvgIpc) is 2.43. The van der Waals surface area contributed by atoms with Crippen LogP contribution in [0.15, 0.2) is 36.4 Å². The molecular formula is C15H8Cl2O3. The van der Waals surface area contributed by atoms with Crippen molar-refractivity contribution in [1.29, 1.82) is 0 Å². The second-order valence-electron chi connectivity index (χ2n) is 4.40. The maximum absolute atomic E-state index is 11.7. The minimum Gasteiger partial charge on any atom is -0.457 e. The molecule has 100 valence electrons. The van der Waals surface area contributed by atoms with Crippen molar-refractivity contribution in [1.82, 2.24) is 0 Å². The van der Waals surface area contributed by atoms with E-state index < -0.39 is 10.5 Å². The molecule has 0 N–H and O–H groups in total. The third kappa shape index (κ3) is 2.09. The van der Waals surface area contributed by atoms with Crippen LogP contribution in [0.3, 0.4) is 0 Å². The molecular weight excluding hydrogens is 299 g/mol. The zero-order valence-electron chi connectivity index (χ0n) is 10.2. The number of ether oxygens (including phenoxy) is 1. The molecule has 0 bridgehead atoms. The quantitative estimate of drug-likeness (QED) is 0.668. The Labute approximate surface area is 125 Å². The predicted octanol–water partition coefficient (Wildman–Crippen LogP) is 4.14. The van der Waals surface area contributed by atoms with Gasteiger partial charge in [0, 0.05) is 17.5 Å². The first kappa shape index (κ1) is 13.2. The van der Waals surface area contributed by atoms with Crippen LogP contribution in [0.1, 0.15) is 31.8 Å². The molecule has 0 fully saturated rings. The largest absolute Gasteiger partial charge is 0.457 e. The minimum atomic E-state index is -0.714. The number of hydrogen-bond acceptors (Lipinski definition) is 3. The van der Waals surface area contributed by atoms with Gasteiger partial charge >= 0.3 is 0 Å². The highest BCUT2D eigenvalue weighted by molar-refractivity contribution is 6.72. The monoisotopic (exact) mass is 306 g/mol. The number of hydrogen-bond donors (Lipinski definition) is 0. The van der Waals surface area contributed by atoms with Gasteiger partial charge in [-0.05, 0) is 47.0 Å². The Balaban J connectivity index is 2.21. The number of carbonyl (C=O) groups excluding carboxylic acids is 2. The van der Waals surface area contributed by atoms with Crippen molar-refractivity contribution in [3.63, 3.8) is 0 Å². The van der Waals surface area contributed by atoms with E-state index >= 15 is 0 Å². The highest BCUT2D eigenvalue weighted by Crippen LogP contribution is 2.39. The second-order valence-corrected chi connectivity index (χ2v) is 5.09. The van der Waals surface area contributed by atoms with Crippen LogP contribution in [0.5, 0.6) is 11.5 Å². The van der Waals surface area contributed by atoms with Gasteiger partial charge < -0.3 is 4.74 Å². The summed E-state index contributed by atoms with van der Waals surface area (Å²) in [5.74, 6) is 1.26. The number of halogens is 2. The first-order chi connectivity index (χ1) is 9.58. The standard InChI is InChI=1S/C15H8Cl2O3/c16-14(18)9-5-6-12-10(13(9)15(17)19)7-8-3-1-2-4-11(8)20-12/h1-6H,7H2. The van der Waals surface area contributed by atoms with Gasteiger partial charge in [-0.3, -0.25) is 9.59 Å². The maximum atomic E-state index is 11.7. The summed E-state index contributed by atoms with van der Waals surface area (Å²) in [5.41, 5.74) is 1.75. The molecule has 20 heavy (non-hydrogen) atoms. The van der Waals surface area contributed by atoms with Gasteiger partial charge in [-0.25, -0.2) is 0 Å². The molecule has 1 aliphatic rings. The third-order valence-corrected chi connectivity index (χ3v) is 3.63. The minimum absolute atomic E-state index is 0.105. The fraction of sp³-hybridized carbons (Fsp3) is 0.0667. The van der Waals surface area contributed by atoms with Crippen LogP contribution in [-0.2, 0) is 6.42 Å². The zero-order chi connectivity index (χ0) is 14.3. The van der Waals surface area contributed by atoms with Gasteiger partial charge in [-0.2, -0.15) is 0 Å². The van der Waals surface area contributed by atoms with E-state index in [2.05, 4.69) is 0 Å². The predicted molar refractivity (Wildman–Crippen MR) is 76.1 cm³/mol. The summed E-state index contributed by atoms with van der Waals surface area (Å²) >= 11 is 11.1. The molecule has 3 nitrogen and oxygen atoms in total. The third-order valence-electron chi connectivity index (χ3n) is 3.24. The smallest absolute Gasteiger partial charge is 0.253 e. The number of fused-ring (bicyclic) bond motifs is 2. The van der Waals surface area contributed by atoms with Gasteiger partial charge in [-0.15, -0.1) is 0 Å². The Morgan fingerprint density at radius 2 is 1.70 bits per heavy atom. The summed E-state index contributed by atoms with van der Waals surface area (Å²) in [6.45, 7) is 0. The van der Waals surface area contributed by atoms with Crippen LogP contribution in [0.25, 0.3) is 0 Å². The van der Waals surface area contributed by atoms with Crippen molar-refractivity contribution in [2.75, 3.05) is 0 Å². The van der Waals surface area contributed by atoms with Gasteiger partial charge in [-0.1, -0.05) is 18.2 Å². The lowest BCUT2D eigenvalue weighted by Gasteiger charge is -2.22. The van der Waals surface area contributed by atoms with E-state index in [1.165, 1.54) is 6.07 Å². The van der Waals surface area contributed by atoms with Crippen LogP contribution in [0.2, 0.25) is 0 Å². The Morgan fingerprint density at radius 3 is 2.40 bits per heavy atom. The molecule has 5 heteroatoms. The van der Waals surface area contributed by atoms with E-state index in [1.807, 2.05) is 24.3 Å². The van der Waals surface area contributed by atoms with E-state index in [9.17, 15) is 9.59 Å². The highest BCUT2D eigenvalue weighted by atomic mass is 35.5. The van der Waals surface area contributed by atoms with Crippen molar-refractivity contribution in [3.8, 4) is 11.5 Å². The first-order valence-corrected chi connectivity index (χ1v) is 6.65. The average molecular weight is 307 g/mol. The first-order valence-electron chi connectivity index (χ1n) is 5.89. The molecule has 0 atom stereocenters. The topological polar surface area (TPSA) is 43.4 Å². The Bertz CT molecular complexity index is 738. The Hall–Kier alpha value is -1.84. The van der Waals surface area contributed by atoms with Gasteiger partial charge in [0.15, 0.2) is 0 Å². The van der Waals surface area contributed by atoms with Crippen molar-refractivity contribution in [2.45, 2.75) is 6.42 Å². The summed E-state index contributed by atoms with van der Waals surface area (Å²) < 4.78 is 5.74. The molecule has 1 aliphatic heterocycles. The molecule has 0 radical (unpaired) electrons. The van der Waals surface area contributed by atoms with Gasteiger partial charge in [0.05, 0.1) is 5.56 Å². The van der Waals surface area contributed by atoms with Crippen LogP contribution >= 0.6 is 23.2 Å². The van der Waals surface area contributed by atoms with Crippen molar-refractivity contribution in [3.05, 3.63) is 58.7 Å². The van der Waals surface area contributed by atoms with Crippen molar-refractivity contribution >= 4 is 33.7 Å². The van der Waals surface area contributed by atoms with Gasteiger partial charge in [0.1, 0.15) is 11.5 Å². The summed E-state index contributed by atoms with van der Waals surface area (Å²) in [4.78, 5) is 23.1. The number of benzene rings is 2. The lowest BCUT2D eigenvalue weighted by atomic mass is 9.93. The second kappa shape index (κ2) is 4.93. The van der Waals surface area contributed by atoms with E-state index in [0.717, 1.165) is 11.3 Å². The lowest BCUT2D eigenvalue weighted by molar-refractivity contribution is 0.105. The molecule has 0 unspecified atom stereocenters. The fourth-order valence-corrected chi connectivity index (χ4v) is 2.72. The molecule has 0 aliphatic carbocycles. The van der Waals surface area contributed by atoms with Crippen molar-refractivity contribution < 1.29 is 14.3 Å². The van der Waals surface area contributed by atoms with Crippen molar-refractivity contribution in [2.24, 2.45) is 0 Å². The van der Waals surface area contributed by atoms with E-state index in [0.29, 0.717) is 17.7 Å². The van der Waals surface area contributed by atoms with Crippen LogP contribution in [0, 0.1) is 0 Å². The van der Waals surface area contributed by atoms with Crippen LogP contribution in [-0.4, -0.2) is 10.5 Å². The van der Waals surface area contributed by atoms with Crippen LogP contribution < -0.4 is 4.74 Å². The van der Waals surface area contributed by atoms with Gasteiger partial charge in [0.2, 0.25) is 0 Å². The van der Waals surface area contributed by atoms with Gasteiger partial charge in [0.25, 0.3) is 10.5 Å². The summed E-state index contributed by atoms with van der Waals surface area (Å²) in [6, 6.07) is 10.6. The molecule has 0 saturated carbocycles. The number of para-hydroxylation sites is 1. The molecule has 0 spiro atoms.